The first-order chi connectivity index (χ1) is 11.8. The van der Waals surface area contributed by atoms with Gasteiger partial charge in [0.05, 0.1) is 23.9 Å². The fourth-order valence-corrected chi connectivity index (χ4v) is 3.90. The Labute approximate surface area is 151 Å². The minimum absolute atomic E-state index is 0.125. The van der Waals surface area contributed by atoms with Gasteiger partial charge in [-0.15, -0.1) is 11.3 Å². The van der Waals surface area contributed by atoms with Crippen LogP contribution in [-0.2, 0) is 0 Å². The summed E-state index contributed by atoms with van der Waals surface area (Å²) < 4.78 is 11.1. The molecule has 2 heterocycles. The molecule has 6 heteroatoms. The van der Waals surface area contributed by atoms with Crippen LogP contribution >= 0.6 is 11.3 Å². The highest BCUT2D eigenvalue weighted by molar-refractivity contribution is 7.11. The van der Waals surface area contributed by atoms with Gasteiger partial charge in [-0.05, 0) is 39.8 Å². The molecule has 0 bridgehead atoms. The summed E-state index contributed by atoms with van der Waals surface area (Å²) in [6, 6.07) is 5.46. The third-order valence-corrected chi connectivity index (χ3v) is 5.48. The summed E-state index contributed by atoms with van der Waals surface area (Å²) in [6.45, 7) is 7.91. The maximum absolute atomic E-state index is 13.0. The number of rotatable bonds is 4. The molecule has 1 amide bonds. The van der Waals surface area contributed by atoms with E-state index in [1.54, 1.807) is 36.5 Å². The molecule has 25 heavy (non-hydrogen) atoms. The Morgan fingerprint density at radius 3 is 2.64 bits per heavy atom. The average Bonchev–Trinajstić information content (AvgIpc) is 3.11. The van der Waals surface area contributed by atoms with Gasteiger partial charge in [-0.25, -0.2) is 4.98 Å². The lowest BCUT2D eigenvalue weighted by Crippen LogP contribution is -2.30. The van der Waals surface area contributed by atoms with Gasteiger partial charge in [0, 0.05) is 28.9 Å². The zero-order valence-electron chi connectivity index (χ0n) is 15.3. The van der Waals surface area contributed by atoms with Crippen molar-refractivity contribution in [3.63, 3.8) is 0 Å². The fraction of sp³-hybridized carbons (Fsp3) is 0.368. The SMILES string of the molecule is COc1ccc2c(C)c(C(=O)N(C)[C@@H](C)c3nc(C)sc3C)oc2c1. The number of carbonyl (C=O) groups excluding carboxylic acids is 1. The lowest BCUT2D eigenvalue weighted by molar-refractivity contribution is 0.0709. The Morgan fingerprint density at radius 1 is 1.32 bits per heavy atom. The standard InChI is InChI=1S/C19H22N2O3S/c1-10-15-8-7-14(23-6)9-16(15)24-18(10)19(22)21(5)11(2)17-12(3)25-13(4)20-17/h7-9,11H,1-6H3/t11-/m0/s1. The van der Waals surface area contributed by atoms with Gasteiger partial charge < -0.3 is 14.1 Å². The van der Waals surface area contributed by atoms with Crippen LogP contribution in [0.5, 0.6) is 5.75 Å². The molecule has 0 radical (unpaired) electrons. The zero-order valence-corrected chi connectivity index (χ0v) is 16.2. The van der Waals surface area contributed by atoms with Crippen LogP contribution in [0, 0.1) is 20.8 Å². The van der Waals surface area contributed by atoms with E-state index < -0.39 is 0 Å². The van der Waals surface area contributed by atoms with E-state index in [2.05, 4.69) is 4.98 Å². The summed E-state index contributed by atoms with van der Waals surface area (Å²) in [7, 11) is 3.39. The molecule has 0 aliphatic rings. The molecule has 0 saturated carbocycles. The second-order valence-electron chi connectivity index (χ2n) is 6.18. The van der Waals surface area contributed by atoms with Crippen LogP contribution in [0.2, 0.25) is 0 Å². The lowest BCUT2D eigenvalue weighted by Gasteiger charge is -2.23. The van der Waals surface area contributed by atoms with E-state index in [0.717, 1.165) is 26.5 Å². The predicted octanol–water partition coefficient (Wildman–Crippen LogP) is 4.66. The summed E-state index contributed by atoms with van der Waals surface area (Å²) >= 11 is 1.65. The first-order valence-corrected chi connectivity index (χ1v) is 8.93. The maximum atomic E-state index is 13.0. The molecule has 0 unspecified atom stereocenters. The minimum Gasteiger partial charge on any atom is -0.497 e. The van der Waals surface area contributed by atoms with Crippen molar-refractivity contribution in [3.8, 4) is 5.75 Å². The second kappa shape index (κ2) is 6.52. The lowest BCUT2D eigenvalue weighted by atomic mass is 10.1. The Balaban J connectivity index is 1.95. The molecule has 1 atom stereocenters. The number of aryl methyl sites for hydroxylation is 3. The number of hydrogen-bond acceptors (Lipinski definition) is 5. The molecule has 3 aromatic rings. The highest BCUT2D eigenvalue weighted by atomic mass is 32.1. The van der Waals surface area contributed by atoms with Gasteiger partial charge in [0.2, 0.25) is 0 Å². The molecular weight excluding hydrogens is 336 g/mol. The largest absolute Gasteiger partial charge is 0.497 e. The predicted molar refractivity (Wildman–Crippen MR) is 99.6 cm³/mol. The Hall–Kier alpha value is -2.34. The van der Waals surface area contributed by atoms with Crippen LogP contribution < -0.4 is 4.74 Å². The van der Waals surface area contributed by atoms with Crippen LogP contribution in [0.15, 0.2) is 22.6 Å². The van der Waals surface area contributed by atoms with Crippen LogP contribution in [0.25, 0.3) is 11.0 Å². The van der Waals surface area contributed by atoms with Crippen molar-refractivity contribution in [2.45, 2.75) is 33.7 Å². The molecule has 2 aromatic heterocycles. The normalized spacial score (nSPS) is 12.4. The van der Waals surface area contributed by atoms with Gasteiger partial charge in [0.25, 0.3) is 5.91 Å². The summed E-state index contributed by atoms with van der Waals surface area (Å²) in [5.41, 5.74) is 2.43. The molecule has 5 nitrogen and oxygen atoms in total. The van der Waals surface area contributed by atoms with Crippen LogP contribution in [0.3, 0.4) is 0 Å². The van der Waals surface area contributed by atoms with Gasteiger partial charge in [-0.3, -0.25) is 4.79 Å². The highest BCUT2D eigenvalue weighted by Crippen LogP contribution is 2.32. The van der Waals surface area contributed by atoms with Crippen molar-refractivity contribution < 1.29 is 13.9 Å². The van der Waals surface area contributed by atoms with Gasteiger partial charge >= 0.3 is 0 Å². The maximum Gasteiger partial charge on any atom is 0.290 e. The zero-order chi connectivity index (χ0) is 18.3. The molecule has 0 spiro atoms. The Kier molecular flexibility index (Phi) is 4.56. The average molecular weight is 358 g/mol. The Bertz CT molecular complexity index is 942. The summed E-state index contributed by atoms with van der Waals surface area (Å²) in [4.78, 5) is 20.4. The summed E-state index contributed by atoms with van der Waals surface area (Å²) in [5.74, 6) is 0.919. The van der Waals surface area contributed by atoms with Crippen molar-refractivity contribution in [2.24, 2.45) is 0 Å². The minimum atomic E-state index is -0.148. The number of carbonyl (C=O) groups is 1. The van der Waals surface area contributed by atoms with Crippen LogP contribution in [0.4, 0.5) is 0 Å². The summed E-state index contributed by atoms with van der Waals surface area (Å²) in [5, 5.41) is 1.93. The molecule has 1 aromatic carbocycles. The quantitative estimate of drug-likeness (QED) is 0.681. The molecule has 0 aliphatic carbocycles. The van der Waals surface area contributed by atoms with E-state index in [9.17, 15) is 4.79 Å². The number of hydrogen-bond donors (Lipinski definition) is 0. The molecular formula is C19H22N2O3S. The van der Waals surface area contributed by atoms with Crippen molar-refractivity contribution in [3.05, 3.63) is 45.1 Å². The van der Waals surface area contributed by atoms with E-state index in [-0.39, 0.29) is 11.9 Å². The van der Waals surface area contributed by atoms with Crippen molar-refractivity contribution in [2.75, 3.05) is 14.2 Å². The smallest absolute Gasteiger partial charge is 0.290 e. The van der Waals surface area contributed by atoms with E-state index >= 15 is 0 Å². The van der Waals surface area contributed by atoms with Crippen LogP contribution in [0.1, 0.15) is 44.7 Å². The van der Waals surface area contributed by atoms with Crippen molar-refractivity contribution >= 4 is 28.2 Å². The van der Waals surface area contributed by atoms with Gasteiger partial charge in [-0.2, -0.15) is 0 Å². The number of aromatic nitrogens is 1. The number of fused-ring (bicyclic) bond motifs is 1. The first-order valence-electron chi connectivity index (χ1n) is 8.11. The molecule has 0 N–H and O–H groups in total. The topological polar surface area (TPSA) is 55.6 Å². The van der Waals surface area contributed by atoms with E-state index in [1.807, 2.05) is 39.8 Å². The fourth-order valence-electron chi connectivity index (χ4n) is 2.99. The second-order valence-corrected chi connectivity index (χ2v) is 7.59. The number of nitrogens with zero attached hydrogens (tertiary/aromatic N) is 2. The monoisotopic (exact) mass is 358 g/mol. The van der Waals surface area contributed by atoms with Crippen molar-refractivity contribution in [1.82, 2.24) is 9.88 Å². The molecule has 132 valence electrons. The van der Waals surface area contributed by atoms with E-state index in [1.165, 1.54) is 0 Å². The van der Waals surface area contributed by atoms with Gasteiger partial charge in [0.15, 0.2) is 5.76 Å². The number of thiazole rings is 1. The first kappa shape index (κ1) is 17.5. The van der Waals surface area contributed by atoms with E-state index in [4.69, 9.17) is 9.15 Å². The molecule has 0 fully saturated rings. The molecule has 0 saturated heterocycles. The number of amides is 1. The molecule has 0 aliphatic heterocycles. The summed E-state index contributed by atoms with van der Waals surface area (Å²) in [6.07, 6.45) is 0. The highest BCUT2D eigenvalue weighted by Gasteiger charge is 2.27. The number of benzene rings is 1. The van der Waals surface area contributed by atoms with Crippen molar-refractivity contribution in [1.29, 1.82) is 0 Å². The third-order valence-electron chi connectivity index (χ3n) is 4.58. The van der Waals surface area contributed by atoms with E-state index in [0.29, 0.717) is 17.1 Å². The molecule has 3 rings (SSSR count). The Morgan fingerprint density at radius 2 is 2.04 bits per heavy atom. The van der Waals surface area contributed by atoms with Crippen LogP contribution in [-0.4, -0.2) is 29.9 Å². The number of methoxy groups -OCH3 is 1. The third kappa shape index (κ3) is 3.02. The van der Waals surface area contributed by atoms with Gasteiger partial charge in [0.1, 0.15) is 11.3 Å². The van der Waals surface area contributed by atoms with Gasteiger partial charge in [-0.1, -0.05) is 0 Å². The number of ether oxygens (including phenoxy) is 1. The number of furan rings is 1.